The quantitative estimate of drug-likeness (QED) is 0.925. The number of carbonyl (C=O) groups excluding carboxylic acids is 1. The largest absolute Gasteiger partial charge is 0.444 e. The first-order valence-corrected chi connectivity index (χ1v) is 8.33. The van der Waals surface area contributed by atoms with Crippen molar-refractivity contribution < 1.29 is 9.53 Å². The Kier molecular flexibility index (Phi) is 5.34. The van der Waals surface area contributed by atoms with Crippen molar-refractivity contribution in [2.24, 2.45) is 12.5 Å². The second-order valence-electron chi connectivity index (χ2n) is 7.87. The number of carbonyl (C=O) groups is 1. The van der Waals surface area contributed by atoms with Gasteiger partial charge in [0.15, 0.2) is 0 Å². The number of likely N-dealkylation sites (tertiary alicyclic amines) is 1. The molecule has 1 saturated heterocycles. The van der Waals surface area contributed by atoms with E-state index in [1.807, 2.05) is 49.7 Å². The van der Waals surface area contributed by atoms with Crippen molar-refractivity contribution in [3.63, 3.8) is 0 Å². The Balaban J connectivity index is 1.86. The van der Waals surface area contributed by atoms with Crippen LogP contribution in [-0.2, 0) is 18.3 Å². The summed E-state index contributed by atoms with van der Waals surface area (Å²) in [5, 5.41) is 3.48. The first kappa shape index (κ1) is 17.8. The van der Waals surface area contributed by atoms with Gasteiger partial charge >= 0.3 is 6.09 Å². The lowest BCUT2D eigenvalue weighted by molar-refractivity contribution is 0.00673. The summed E-state index contributed by atoms with van der Waals surface area (Å²) >= 11 is 0. The molecule has 1 N–H and O–H groups in total. The summed E-state index contributed by atoms with van der Waals surface area (Å²) in [6, 6.07) is 0. The van der Waals surface area contributed by atoms with Gasteiger partial charge < -0.3 is 19.5 Å². The van der Waals surface area contributed by atoms with Gasteiger partial charge in [-0.1, -0.05) is 6.92 Å². The fraction of sp³-hybridized carbons (Fsp3) is 0.765. The van der Waals surface area contributed by atoms with Gasteiger partial charge in [-0.3, -0.25) is 0 Å². The van der Waals surface area contributed by atoms with E-state index in [4.69, 9.17) is 4.74 Å². The second kappa shape index (κ2) is 6.91. The molecule has 23 heavy (non-hydrogen) atoms. The maximum absolute atomic E-state index is 12.3. The molecular weight excluding hydrogens is 292 g/mol. The van der Waals surface area contributed by atoms with Gasteiger partial charge in [0.1, 0.15) is 11.4 Å². The molecule has 1 amide bonds. The zero-order chi connectivity index (χ0) is 17.1. The standard InChI is InChI=1S/C17H30N4O2/c1-16(2,3)23-15(22)21-9-6-7-17(4,13-21)12-18-11-14-19-8-10-20(14)5/h8,10,18H,6-7,9,11-13H2,1-5H3. The molecule has 1 aromatic heterocycles. The van der Waals surface area contributed by atoms with E-state index in [-0.39, 0.29) is 11.5 Å². The molecule has 0 aromatic carbocycles. The fourth-order valence-corrected chi connectivity index (χ4v) is 2.99. The van der Waals surface area contributed by atoms with Gasteiger partial charge in [0.05, 0.1) is 6.54 Å². The van der Waals surface area contributed by atoms with Gasteiger partial charge in [-0.05, 0) is 39.0 Å². The lowest BCUT2D eigenvalue weighted by Gasteiger charge is -2.41. The molecule has 1 atom stereocenters. The molecule has 1 fully saturated rings. The van der Waals surface area contributed by atoms with Crippen LogP contribution in [0, 0.1) is 5.41 Å². The van der Waals surface area contributed by atoms with Crippen LogP contribution in [0.4, 0.5) is 4.79 Å². The molecule has 6 heteroatoms. The van der Waals surface area contributed by atoms with Crippen molar-refractivity contribution >= 4 is 6.09 Å². The van der Waals surface area contributed by atoms with Crippen LogP contribution in [-0.4, -0.2) is 45.8 Å². The van der Waals surface area contributed by atoms with E-state index in [1.54, 1.807) is 0 Å². The number of rotatable bonds is 4. The maximum atomic E-state index is 12.3. The SMILES string of the molecule is Cn1ccnc1CNCC1(C)CCCN(C(=O)OC(C)(C)C)C1. The number of nitrogens with zero attached hydrogens (tertiary/aromatic N) is 3. The minimum Gasteiger partial charge on any atom is -0.444 e. The number of nitrogens with one attached hydrogen (secondary N) is 1. The highest BCUT2D eigenvalue weighted by atomic mass is 16.6. The monoisotopic (exact) mass is 322 g/mol. The molecular formula is C17H30N4O2. The molecule has 1 aromatic rings. The minimum absolute atomic E-state index is 0.0698. The summed E-state index contributed by atoms with van der Waals surface area (Å²) < 4.78 is 7.52. The van der Waals surface area contributed by atoms with E-state index in [0.29, 0.717) is 0 Å². The number of aromatic nitrogens is 2. The normalized spacial score (nSPS) is 22.2. The van der Waals surface area contributed by atoms with Crippen LogP contribution in [0.1, 0.15) is 46.4 Å². The number of imidazole rings is 1. The summed E-state index contributed by atoms with van der Waals surface area (Å²) in [6.45, 7) is 11.1. The Labute approximate surface area is 139 Å². The molecule has 0 bridgehead atoms. The highest BCUT2D eigenvalue weighted by Gasteiger charge is 2.34. The van der Waals surface area contributed by atoms with Crippen LogP contribution >= 0.6 is 0 Å². The van der Waals surface area contributed by atoms with Gasteiger partial charge in [0.25, 0.3) is 0 Å². The summed E-state index contributed by atoms with van der Waals surface area (Å²) in [5.41, 5.74) is -0.373. The summed E-state index contributed by atoms with van der Waals surface area (Å²) in [5.74, 6) is 1.02. The van der Waals surface area contributed by atoms with Crippen molar-refractivity contribution in [3.05, 3.63) is 18.2 Å². The predicted molar refractivity (Wildman–Crippen MR) is 90.1 cm³/mol. The zero-order valence-corrected chi connectivity index (χ0v) is 15.1. The zero-order valence-electron chi connectivity index (χ0n) is 15.1. The number of aryl methyl sites for hydroxylation is 1. The van der Waals surface area contributed by atoms with Crippen molar-refractivity contribution in [2.45, 2.75) is 52.7 Å². The van der Waals surface area contributed by atoms with Gasteiger partial charge in [-0.2, -0.15) is 0 Å². The van der Waals surface area contributed by atoms with E-state index in [0.717, 1.165) is 44.8 Å². The van der Waals surface area contributed by atoms with Crippen molar-refractivity contribution in [2.75, 3.05) is 19.6 Å². The highest BCUT2D eigenvalue weighted by molar-refractivity contribution is 5.68. The smallest absolute Gasteiger partial charge is 0.410 e. The molecule has 0 saturated carbocycles. The third-order valence-electron chi connectivity index (χ3n) is 4.19. The van der Waals surface area contributed by atoms with Gasteiger partial charge in [0, 0.05) is 39.1 Å². The Bertz CT molecular complexity index is 535. The number of hydrogen-bond donors (Lipinski definition) is 1. The number of ether oxygens (including phenoxy) is 1. The maximum Gasteiger partial charge on any atom is 0.410 e. The summed E-state index contributed by atoms with van der Waals surface area (Å²) in [4.78, 5) is 18.4. The topological polar surface area (TPSA) is 59.4 Å². The molecule has 1 aliphatic heterocycles. The Morgan fingerprint density at radius 3 is 2.83 bits per heavy atom. The van der Waals surface area contributed by atoms with Gasteiger partial charge in [-0.25, -0.2) is 9.78 Å². The van der Waals surface area contributed by atoms with E-state index < -0.39 is 5.60 Å². The first-order valence-electron chi connectivity index (χ1n) is 8.33. The molecule has 0 aliphatic carbocycles. The number of hydrogen-bond acceptors (Lipinski definition) is 4. The summed E-state index contributed by atoms with van der Waals surface area (Å²) in [6.07, 6.45) is 5.68. The number of amides is 1. The average Bonchev–Trinajstić information content (AvgIpc) is 2.82. The van der Waals surface area contributed by atoms with Crippen molar-refractivity contribution in [1.29, 1.82) is 0 Å². The third-order valence-corrected chi connectivity index (χ3v) is 4.19. The Morgan fingerprint density at radius 1 is 1.48 bits per heavy atom. The Morgan fingerprint density at radius 2 is 2.22 bits per heavy atom. The van der Waals surface area contributed by atoms with E-state index in [2.05, 4.69) is 17.2 Å². The molecule has 6 nitrogen and oxygen atoms in total. The van der Waals surface area contributed by atoms with Gasteiger partial charge in [0.2, 0.25) is 0 Å². The number of piperidine rings is 1. The molecule has 2 rings (SSSR count). The highest BCUT2D eigenvalue weighted by Crippen LogP contribution is 2.29. The first-order chi connectivity index (χ1) is 10.7. The lowest BCUT2D eigenvalue weighted by Crippen LogP contribution is -2.50. The molecule has 1 aliphatic rings. The van der Waals surface area contributed by atoms with Crippen molar-refractivity contribution in [3.8, 4) is 0 Å². The van der Waals surface area contributed by atoms with E-state index in [9.17, 15) is 4.79 Å². The average molecular weight is 322 g/mol. The van der Waals surface area contributed by atoms with Crippen LogP contribution in [0.3, 0.4) is 0 Å². The van der Waals surface area contributed by atoms with Crippen molar-refractivity contribution in [1.82, 2.24) is 19.8 Å². The molecule has 0 spiro atoms. The van der Waals surface area contributed by atoms with Crippen LogP contribution in [0.15, 0.2) is 12.4 Å². The predicted octanol–water partition coefficient (Wildman–Crippen LogP) is 2.55. The Hall–Kier alpha value is -1.56. The molecule has 0 radical (unpaired) electrons. The van der Waals surface area contributed by atoms with E-state index in [1.165, 1.54) is 0 Å². The fourth-order valence-electron chi connectivity index (χ4n) is 2.99. The van der Waals surface area contributed by atoms with Crippen LogP contribution in [0.25, 0.3) is 0 Å². The molecule has 130 valence electrons. The second-order valence-corrected chi connectivity index (χ2v) is 7.87. The van der Waals surface area contributed by atoms with Crippen LogP contribution < -0.4 is 5.32 Å². The van der Waals surface area contributed by atoms with E-state index >= 15 is 0 Å². The molecule has 1 unspecified atom stereocenters. The minimum atomic E-state index is -0.443. The molecule has 2 heterocycles. The van der Waals surface area contributed by atoms with Crippen LogP contribution in [0.2, 0.25) is 0 Å². The third kappa shape index (κ3) is 5.23. The summed E-state index contributed by atoms with van der Waals surface area (Å²) in [7, 11) is 2.00. The van der Waals surface area contributed by atoms with Crippen LogP contribution in [0.5, 0.6) is 0 Å². The lowest BCUT2D eigenvalue weighted by atomic mass is 9.82. The van der Waals surface area contributed by atoms with Gasteiger partial charge in [-0.15, -0.1) is 0 Å².